The Morgan fingerprint density at radius 3 is 1.92 bits per heavy atom. The molecule has 1 N–H and O–H groups in total. The first-order valence-corrected chi connectivity index (χ1v) is 9.54. The van der Waals surface area contributed by atoms with Crippen LogP contribution in [0, 0.1) is 0 Å². The zero-order valence-electron chi connectivity index (χ0n) is 14.5. The molecule has 9 nitrogen and oxygen atoms in total. The Morgan fingerprint density at radius 1 is 0.917 bits per heavy atom. The lowest BCUT2D eigenvalue weighted by atomic mass is 10.2. The summed E-state index contributed by atoms with van der Waals surface area (Å²) >= 11 is 0. The normalized spacial score (nSPS) is 12.3. The number of ether oxygens (including phenoxy) is 2. The van der Waals surface area contributed by atoms with E-state index >= 15 is 0 Å². The Hall–Kier alpha value is -1.44. The second-order valence-corrected chi connectivity index (χ2v) is 6.54. The number of esters is 2. The van der Waals surface area contributed by atoms with Gasteiger partial charge in [0, 0.05) is 0 Å². The molecule has 0 bridgehead atoms. The van der Waals surface area contributed by atoms with Gasteiger partial charge in [0.2, 0.25) is 5.91 Å². The average Bonchev–Trinajstić information content (AvgIpc) is 2.47. The summed E-state index contributed by atoms with van der Waals surface area (Å²) in [4.78, 5) is 35.5. The average molecular weight is 367 g/mol. The lowest BCUT2D eigenvalue weighted by Gasteiger charge is -2.19. The first kappa shape index (κ1) is 22.6. The van der Waals surface area contributed by atoms with Gasteiger partial charge in [0.15, 0.2) is 0 Å². The van der Waals surface area contributed by atoms with Gasteiger partial charge in [-0.25, -0.2) is 4.79 Å². The maximum atomic E-state index is 12.3. The Labute approximate surface area is 141 Å². The summed E-state index contributed by atoms with van der Waals surface area (Å²) in [5.41, 5.74) is 0. The van der Waals surface area contributed by atoms with Crippen LogP contribution in [0.5, 0.6) is 0 Å². The van der Waals surface area contributed by atoms with E-state index in [-0.39, 0.29) is 32.8 Å². The smallest absolute Gasteiger partial charge is 0.340 e. The van der Waals surface area contributed by atoms with E-state index in [2.05, 4.69) is 5.32 Å². The summed E-state index contributed by atoms with van der Waals surface area (Å²) in [6.07, 6.45) is -0.945. The molecule has 0 saturated heterocycles. The third-order valence-corrected chi connectivity index (χ3v) is 4.55. The molecular weight excluding hydrogens is 341 g/mol. The van der Waals surface area contributed by atoms with Crippen LogP contribution in [0.25, 0.3) is 0 Å². The standard InChI is InChI=1S/C14H26NO8P/c1-5-20-13(17)9-11(14(18)21-6-2)15-12(16)10-24(19,22-7-3)23-8-4/h11H,5-10H2,1-4H3,(H,15,16)/t11-/m0/s1. The molecule has 0 aromatic heterocycles. The van der Waals surface area contributed by atoms with E-state index in [0.29, 0.717) is 0 Å². The first-order chi connectivity index (χ1) is 11.3. The van der Waals surface area contributed by atoms with Crippen LogP contribution in [0.2, 0.25) is 0 Å². The fourth-order valence-corrected chi connectivity index (χ4v) is 3.25. The number of rotatable bonds is 12. The quantitative estimate of drug-likeness (QED) is 0.405. The number of carbonyl (C=O) groups is 3. The third-order valence-electron chi connectivity index (χ3n) is 2.57. The highest BCUT2D eigenvalue weighted by Gasteiger charge is 2.31. The fourth-order valence-electron chi connectivity index (χ4n) is 1.76. The molecule has 24 heavy (non-hydrogen) atoms. The second-order valence-electron chi connectivity index (χ2n) is 4.49. The van der Waals surface area contributed by atoms with Crippen LogP contribution in [-0.4, -0.2) is 56.5 Å². The van der Waals surface area contributed by atoms with Crippen molar-refractivity contribution in [3.8, 4) is 0 Å². The summed E-state index contributed by atoms with van der Waals surface area (Å²) in [6.45, 7) is 6.90. The van der Waals surface area contributed by atoms with E-state index in [1.54, 1.807) is 27.7 Å². The maximum absolute atomic E-state index is 12.3. The highest BCUT2D eigenvalue weighted by atomic mass is 31.2. The molecule has 0 aliphatic carbocycles. The highest BCUT2D eigenvalue weighted by molar-refractivity contribution is 7.54. The Balaban J connectivity index is 4.92. The van der Waals surface area contributed by atoms with Crippen molar-refractivity contribution < 1.29 is 37.5 Å². The molecule has 0 spiro atoms. The van der Waals surface area contributed by atoms with E-state index in [9.17, 15) is 18.9 Å². The minimum atomic E-state index is -3.60. The molecule has 1 amide bonds. The van der Waals surface area contributed by atoms with Gasteiger partial charge < -0.3 is 23.8 Å². The lowest BCUT2D eigenvalue weighted by molar-refractivity contribution is -0.153. The summed E-state index contributed by atoms with van der Waals surface area (Å²) in [5, 5.41) is 2.32. The zero-order valence-corrected chi connectivity index (χ0v) is 15.4. The van der Waals surface area contributed by atoms with E-state index in [0.717, 1.165) is 0 Å². The van der Waals surface area contributed by atoms with Crippen molar-refractivity contribution >= 4 is 25.4 Å². The van der Waals surface area contributed by atoms with Crippen LogP contribution < -0.4 is 5.32 Å². The molecule has 140 valence electrons. The SMILES string of the molecule is CCOC(=O)C[C@H](NC(=O)CP(=O)(OCC)OCC)C(=O)OCC. The van der Waals surface area contributed by atoms with Gasteiger partial charge >= 0.3 is 19.5 Å². The molecule has 0 aliphatic heterocycles. The summed E-state index contributed by atoms with van der Waals surface area (Å²) in [7, 11) is -3.60. The Kier molecular flexibility index (Phi) is 11.3. The molecular formula is C14H26NO8P. The predicted octanol–water partition coefficient (Wildman–Crippen LogP) is 1.25. The number of amides is 1. The van der Waals surface area contributed by atoms with Crippen LogP contribution in [-0.2, 0) is 37.5 Å². The topological polar surface area (TPSA) is 117 Å². The number of nitrogens with one attached hydrogen (secondary N) is 1. The van der Waals surface area contributed by atoms with Crippen LogP contribution in [0.3, 0.4) is 0 Å². The second kappa shape index (κ2) is 12.0. The van der Waals surface area contributed by atoms with E-state index in [1.807, 2.05) is 0 Å². The summed E-state index contributed by atoms with van der Waals surface area (Å²) in [6, 6.07) is -1.23. The van der Waals surface area contributed by atoms with Crippen LogP contribution in [0.15, 0.2) is 0 Å². The third kappa shape index (κ3) is 9.00. The Bertz CT molecular complexity index is 458. The monoisotopic (exact) mass is 367 g/mol. The van der Waals surface area contributed by atoms with Gasteiger partial charge in [0.05, 0.1) is 32.8 Å². The minimum absolute atomic E-state index is 0.0877. The Morgan fingerprint density at radius 2 is 1.46 bits per heavy atom. The van der Waals surface area contributed by atoms with Crippen LogP contribution in [0.1, 0.15) is 34.1 Å². The van der Waals surface area contributed by atoms with Gasteiger partial charge in [-0.15, -0.1) is 0 Å². The fraction of sp³-hybridized carbons (Fsp3) is 0.786. The molecule has 0 saturated carbocycles. The molecule has 0 aromatic rings. The van der Waals surface area contributed by atoms with Crippen molar-refractivity contribution in [2.24, 2.45) is 0 Å². The van der Waals surface area contributed by atoms with Gasteiger partial charge in [0.1, 0.15) is 12.2 Å². The number of carbonyl (C=O) groups excluding carboxylic acids is 3. The van der Waals surface area contributed by atoms with Crippen molar-refractivity contribution in [1.82, 2.24) is 5.32 Å². The molecule has 0 radical (unpaired) electrons. The van der Waals surface area contributed by atoms with Crippen LogP contribution >= 0.6 is 7.60 Å². The van der Waals surface area contributed by atoms with Crippen LogP contribution in [0.4, 0.5) is 0 Å². The van der Waals surface area contributed by atoms with E-state index in [4.69, 9.17) is 18.5 Å². The largest absolute Gasteiger partial charge is 0.466 e. The molecule has 0 heterocycles. The van der Waals surface area contributed by atoms with Crippen molar-refractivity contribution in [3.63, 3.8) is 0 Å². The van der Waals surface area contributed by atoms with Crippen molar-refractivity contribution in [3.05, 3.63) is 0 Å². The minimum Gasteiger partial charge on any atom is -0.466 e. The van der Waals surface area contributed by atoms with Gasteiger partial charge in [-0.05, 0) is 27.7 Å². The summed E-state index contributed by atoms with van der Waals surface area (Å²) in [5.74, 6) is -2.18. The molecule has 1 atom stereocenters. The summed E-state index contributed by atoms with van der Waals surface area (Å²) < 4.78 is 31.9. The van der Waals surface area contributed by atoms with Gasteiger partial charge in [0.25, 0.3) is 0 Å². The molecule has 0 unspecified atom stereocenters. The predicted molar refractivity (Wildman–Crippen MR) is 85.5 cm³/mol. The van der Waals surface area contributed by atoms with Gasteiger partial charge in [-0.3, -0.25) is 14.2 Å². The van der Waals surface area contributed by atoms with Gasteiger partial charge in [-0.1, -0.05) is 0 Å². The number of hydrogen-bond acceptors (Lipinski definition) is 8. The maximum Gasteiger partial charge on any atom is 0.340 e. The first-order valence-electron chi connectivity index (χ1n) is 7.81. The molecule has 0 aliphatic rings. The molecule has 0 fully saturated rings. The lowest BCUT2D eigenvalue weighted by Crippen LogP contribution is -2.44. The number of hydrogen-bond donors (Lipinski definition) is 1. The van der Waals surface area contributed by atoms with E-state index in [1.165, 1.54) is 0 Å². The van der Waals surface area contributed by atoms with E-state index < -0.39 is 37.6 Å². The van der Waals surface area contributed by atoms with Crippen molar-refractivity contribution in [1.29, 1.82) is 0 Å². The highest BCUT2D eigenvalue weighted by Crippen LogP contribution is 2.47. The molecule has 0 aromatic carbocycles. The van der Waals surface area contributed by atoms with Gasteiger partial charge in [-0.2, -0.15) is 0 Å². The van der Waals surface area contributed by atoms with Crippen molar-refractivity contribution in [2.45, 2.75) is 40.2 Å². The van der Waals surface area contributed by atoms with Crippen molar-refractivity contribution in [2.75, 3.05) is 32.6 Å². The zero-order chi connectivity index (χ0) is 18.6. The molecule has 10 heteroatoms. The molecule has 0 rings (SSSR count).